The lowest BCUT2D eigenvalue weighted by atomic mass is 9.44. The molecule has 0 heterocycles. The van der Waals surface area contributed by atoms with Crippen LogP contribution in [0.5, 0.6) is 0 Å². The van der Waals surface area contributed by atoms with E-state index in [0.29, 0.717) is 17.3 Å². The van der Waals surface area contributed by atoms with Gasteiger partial charge in [0, 0.05) is 0 Å². The van der Waals surface area contributed by atoms with Crippen molar-refractivity contribution in [1.29, 1.82) is 0 Å². The minimum absolute atomic E-state index is 0.137. The first kappa shape index (κ1) is 26.9. The SMILES string of the molecule is C[C@H](CCC(C)(C)O)[C@H]1CC[C@H]2[C@@H]3CC[C@H]4[C@H](O)[C@@H](OCC(C)(C)O)CC[C@]4(C)[C@H]3CC[C@]12C. The van der Waals surface area contributed by atoms with Crippen LogP contribution in [0.25, 0.3) is 0 Å². The maximum atomic E-state index is 11.4. The van der Waals surface area contributed by atoms with Gasteiger partial charge in [-0.2, -0.15) is 0 Å². The van der Waals surface area contributed by atoms with E-state index in [2.05, 4.69) is 20.8 Å². The van der Waals surface area contributed by atoms with Gasteiger partial charge in [0.1, 0.15) is 0 Å². The highest BCUT2D eigenvalue weighted by molar-refractivity contribution is 5.11. The average molecular weight is 479 g/mol. The summed E-state index contributed by atoms with van der Waals surface area (Å²) in [4.78, 5) is 0. The molecule has 4 rings (SSSR count). The van der Waals surface area contributed by atoms with Crippen LogP contribution in [0, 0.1) is 46.3 Å². The van der Waals surface area contributed by atoms with Crippen molar-refractivity contribution in [3.63, 3.8) is 0 Å². The van der Waals surface area contributed by atoms with E-state index in [1.165, 1.54) is 32.1 Å². The van der Waals surface area contributed by atoms with E-state index in [-0.39, 0.29) is 18.1 Å². The van der Waals surface area contributed by atoms with Crippen LogP contribution < -0.4 is 0 Å². The zero-order valence-electron chi connectivity index (χ0n) is 23.1. The third kappa shape index (κ3) is 5.00. The zero-order valence-corrected chi connectivity index (χ0v) is 23.1. The van der Waals surface area contributed by atoms with E-state index in [1.807, 2.05) is 13.8 Å². The van der Waals surface area contributed by atoms with E-state index < -0.39 is 17.3 Å². The van der Waals surface area contributed by atoms with Gasteiger partial charge in [0.05, 0.1) is 30.0 Å². The molecule has 4 nitrogen and oxygen atoms in total. The Morgan fingerprint density at radius 3 is 2.09 bits per heavy atom. The van der Waals surface area contributed by atoms with E-state index in [4.69, 9.17) is 4.74 Å². The van der Waals surface area contributed by atoms with Crippen molar-refractivity contribution in [2.75, 3.05) is 6.61 Å². The van der Waals surface area contributed by atoms with Crippen LogP contribution in [-0.2, 0) is 4.74 Å². The molecule has 34 heavy (non-hydrogen) atoms. The smallest absolute Gasteiger partial charge is 0.0838 e. The number of aliphatic hydroxyl groups excluding tert-OH is 1. The van der Waals surface area contributed by atoms with Gasteiger partial charge in [-0.3, -0.25) is 0 Å². The predicted molar refractivity (Wildman–Crippen MR) is 137 cm³/mol. The highest BCUT2D eigenvalue weighted by atomic mass is 16.5. The Balaban J connectivity index is 1.45. The summed E-state index contributed by atoms with van der Waals surface area (Å²) in [5, 5.41) is 31.7. The summed E-state index contributed by atoms with van der Waals surface area (Å²) in [7, 11) is 0. The molecule has 4 saturated carbocycles. The van der Waals surface area contributed by atoms with Crippen LogP contribution >= 0.6 is 0 Å². The van der Waals surface area contributed by atoms with Crippen LogP contribution in [0.15, 0.2) is 0 Å². The van der Waals surface area contributed by atoms with Crippen LogP contribution in [0.3, 0.4) is 0 Å². The van der Waals surface area contributed by atoms with Crippen molar-refractivity contribution in [2.45, 2.75) is 136 Å². The first-order chi connectivity index (χ1) is 15.7. The van der Waals surface area contributed by atoms with Crippen molar-refractivity contribution < 1.29 is 20.1 Å². The zero-order chi connectivity index (χ0) is 25.1. The van der Waals surface area contributed by atoms with Crippen molar-refractivity contribution in [2.24, 2.45) is 46.3 Å². The van der Waals surface area contributed by atoms with Gasteiger partial charge in [-0.25, -0.2) is 0 Å². The average Bonchev–Trinajstić information content (AvgIpc) is 3.07. The summed E-state index contributed by atoms with van der Waals surface area (Å²) >= 11 is 0. The van der Waals surface area contributed by atoms with E-state index in [9.17, 15) is 15.3 Å². The molecule has 3 N–H and O–H groups in total. The number of rotatable bonds is 7. The molecule has 4 aliphatic rings. The molecular formula is C30H54O4. The molecule has 0 bridgehead atoms. The normalized spacial score (nSPS) is 45.9. The van der Waals surface area contributed by atoms with Crippen LogP contribution in [0.2, 0.25) is 0 Å². The van der Waals surface area contributed by atoms with Gasteiger partial charge in [-0.05, 0) is 138 Å². The van der Waals surface area contributed by atoms with Gasteiger partial charge in [0.15, 0.2) is 0 Å². The Labute approximate surface area is 209 Å². The maximum absolute atomic E-state index is 11.4. The van der Waals surface area contributed by atoms with Crippen molar-refractivity contribution in [3.8, 4) is 0 Å². The second-order valence-corrected chi connectivity index (χ2v) is 14.8. The van der Waals surface area contributed by atoms with Gasteiger partial charge in [0.25, 0.3) is 0 Å². The molecule has 0 spiro atoms. The first-order valence-electron chi connectivity index (χ1n) is 14.4. The molecule has 0 radical (unpaired) electrons. The molecule has 0 aromatic carbocycles. The minimum Gasteiger partial charge on any atom is -0.390 e. The fourth-order valence-electron chi connectivity index (χ4n) is 9.55. The van der Waals surface area contributed by atoms with Crippen LogP contribution in [0.4, 0.5) is 0 Å². The number of aliphatic hydroxyl groups is 3. The molecule has 0 amide bonds. The topological polar surface area (TPSA) is 69.9 Å². The molecular weight excluding hydrogens is 424 g/mol. The first-order valence-corrected chi connectivity index (χ1v) is 14.4. The minimum atomic E-state index is -0.852. The molecule has 0 saturated heterocycles. The van der Waals surface area contributed by atoms with Gasteiger partial charge in [-0.1, -0.05) is 20.8 Å². The maximum Gasteiger partial charge on any atom is 0.0838 e. The Kier molecular flexibility index (Phi) is 7.35. The second-order valence-electron chi connectivity index (χ2n) is 14.8. The predicted octanol–water partition coefficient (Wildman–Crippen LogP) is 5.96. The molecule has 4 heteroatoms. The molecule has 10 atom stereocenters. The summed E-state index contributed by atoms with van der Waals surface area (Å²) in [5.74, 6) is 4.12. The van der Waals surface area contributed by atoms with Crippen molar-refractivity contribution in [3.05, 3.63) is 0 Å². The summed E-state index contributed by atoms with van der Waals surface area (Å²) in [5.41, 5.74) is -0.763. The summed E-state index contributed by atoms with van der Waals surface area (Å²) in [6.45, 7) is 15.3. The fraction of sp³-hybridized carbons (Fsp3) is 1.00. The molecule has 0 unspecified atom stereocenters. The molecule has 0 aromatic rings. The standard InChI is InChI=1S/C30H54O4/c1-19(12-15-27(2,3)32)21-10-11-22-20-8-9-24-26(31)25(34-18-28(4,5)33)14-17-30(24,7)23(20)13-16-29(21,22)6/h19-26,31-33H,8-18H2,1-7H3/t19-,20+,21-,22+,23+,24+,25+,26+,29-,30-/m1/s1. The third-order valence-corrected chi connectivity index (χ3v) is 11.3. The largest absolute Gasteiger partial charge is 0.390 e. The summed E-state index contributed by atoms with van der Waals surface area (Å²) in [6.07, 6.45) is 11.3. The van der Waals surface area contributed by atoms with Gasteiger partial charge in [0.2, 0.25) is 0 Å². The van der Waals surface area contributed by atoms with Crippen molar-refractivity contribution in [1.82, 2.24) is 0 Å². The Morgan fingerprint density at radius 2 is 1.44 bits per heavy atom. The summed E-state index contributed by atoms with van der Waals surface area (Å²) < 4.78 is 6.04. The molecule has 4 aliphatic carbocycles. The van der Waals surface area contributed by atoms with E-state index in [0.717, 1.165) is 55.8 Å². The Morgan fingerprint density at radius 1 is 0.824 bits per heavy atom. The van der Waals surface area contributed by atoms with Gasteiger partial charge in [-0.15, -0.1) is 0 Å². The molecule has 0 aromatic heterocycles. The Hall–Kier alpha value is -0.160. The Bertz CT molecular complexity index is 708. The van der Waals surface area contributed by atoms with Crippen LogP contribution in [-0.4, -0.2) is 45.3 Å². The number of hydrogen-bond donors (Lipinski definition) is 3. The lowest BCUT2D eigenvalue weighted by Crippen LogP contribution is -2.59. The van der Waals surface area contributed by atoms with Gasteiger partial charge < -0.3 is 20.1 Å². The fourth-order valence-corrected chi connectivity index (χ4v) is 9.55. The van der Waals surface area contributed by atoms with Crippen molar-refractivity contribution >= 4 is 0 Å². The molecule has 4 fully saturated rings. The lowest BCUT2D eigenvalue weighted by Gasteiger charge is -2.62. The lowest BCUT2D eigenvalue weighted by molar-refractivity contribution is -0.193. The van der Waals surface area contributed by atoms with Gasteiger partial charge >= 0.3 is 0 Å². The second kappa shape index (κ2) is 9.30. The highest BCUT2D eigenvalue weighted by Crippen LogP contribution is 2.68. The number of ether oxygens (including phenoxy) is 1. The molecule has 0 aliphatic heterocycles. The van der Waals surface area contributed by atoms with E-state index in [1.54, 1.807) is 13.8 Å². The monoisotopic (exact) mass is 478 g/mol. The third-order valence-electron chi connectivity index (χ3n) is 11.3. The number of fused-ring (bicyclic) bond motifs is 5. The van der Waals surface area contributed by atoms with E-state index >= 15 is 0 Å². The highest BCUT2D eigenvalue weighted by Gasteiger charge is 2.62. The number of hydrogen-bond acceptors (Lipinski definition) is 4. The quantitative estimate of drug-likeness (QED) is 0.422. The summed E-state index contributed by atoms with van der Waals surface area (Å²) in [6, 6.07) is 0. The molecule has 198 valence electrons. The van der Waals surface area contributed by atoms with Crippen LogP contribution in [0.1, 0.15) is 113 Å².